The number of benzene rings is 2. The summed E-state index contributed by atoms with van der Waals surface area (Å²) in [5, 5.41) is 0.694. The van der Waals surface area contributed by atoms with Crippen molar-refractivity contribution in [2.75, 3.05) is 0 Å². The van der Waals surface area contributed by atoms with Crippen molar-refractivity contribution in [3.05, 3.63) is 69.2 Å². The summed E-state index contributed by atoms with van der Waals surface area (Å²) >= 11 is 3.26. The zero-order valence-corrected chi connectivity index (χ0v) is 11.3. The minimum absolute atomic E-state index is 0.243. The molecule has 0 aliphatic heterocycles. The Bertz CT molecular complexity index is 809. The predicted octanol–water partition coefficient (Wildman–Crippen LogP) is 4.36. The van der Waals surface area contributed by atoms with E-state index >= 15 is 0 Å². The molecule has 3 aromatic rings. The Hall–Kier alpha value is -1.94. The van der Waals surface area contributed by atoms with Gasteiger partial charge in [-0.3, -0.25) is 0 Å². The maximum atomic E-state index is 13.2. The van der Waals surface area contributed by atoms with Gasteiger partial charge in [-0.2, -0.15) is 0 Å². The van der Waals surface area contributed by atoms with Crippen LogP contribution in [0.15, 0.2) is 62.2 Å². The van der Waals surface area contributed by atoms with E-state index in [2.05, 4.69) is 15.9 Å². The molecule has 0 spiro atoms. The highest BCUT2D eigenvalue weighted by Crippen LogP contribution is 2.33. The van der Waals surface area contributed by atoms with E-state index in [4.69, 9.17) is 4.42 Å². The van der Waals surface area contributed by atoms with Crippen LogP contribution >= 0.6 is 15.9 Å². The first-order valence-electron chi connectivity index (χ1n) is 5.64. The van der Waals surface area contributed by atoms with Crippen LogP contribution in [0.3, 0.4) is 0 Å². The van der Waals surface area contributed by atoms with Crippen molar-refractivity contribution in [2.24, 2.45) is 0 Å². The first-order chi connectivity index (χ1) is 9.16. The van der Waals surface area contributed by atoms with Gasteiger partial charge in [-0.15, -0.1) is 0 Å². The largest absolute Gasteiger partial charge is 0.422 e. The smallest absolute Gasteiger partial charge is 0.351 e. The van der Waals surface area contributed by atoms with Gasteiger partial charge in [0.05, 0.1) is 0 Å². The quantitative estimate of drug-likeness (QED) is 0.624. The molecule has 0 fully saturated rings. The first-order valence-corrected chi connectivity index (χ1v) is 6.43. The average Bonchev–Trinajstić information content (AvgIpc) is 2.41. The highest BCUT2D eigenvalue weighted by molar-refractivity contribution is 9.10. The Morgan fingerprint density at radius 3 is 2.53 bits per heavy atom. The van der Waals surface area contributed by atoms with E-state index in [0.717, 1.165) is 5.56 Å². The van der Waals surface area contributed by atoms with Crippen LogP contribution in [0.25, 0.3) is 22.1 Å². The Kier molecular flexibility index (Phi) is 2.95. The predicted molar refractivity (Wildman–Crippen MR) is 75.6 cm³/mol. The highest BCUT2D eigenvalue weighted by atomic mass is 79.9. The number of halogens is 2. The second-order valence-corrected chi connectivity index (χ2v) is 4.88. The van der Waals surface area contributed by atoms with E-state index < -0.39 is 11.4 Å². The van der Waals surface area contributed by atoms with E-state index in [1.54, 1.807) is 6.07 Å². The van der Waals surface area contributed by atoms with Crippen molar-refractivity contribution in [3.8, 4) is 11.1 Å². The molecule has 94 valence electrons. The number of hydrogen-bond acceptors (Lipinski definition) is 2. The zero-order valence-electron chi connectivity index (χ0n) is 9.69. The topological polar surface area (TPSA) is 30.2 Å². The van der Waals surface area contributed by atoms with Gasteiger partial charge in [0, 0.05) is 17.0 Å². The molecular formula is C15H8BrFO2. The van der Waals surface area contributed by atoms with Crippen LogP contribution in [-0.2, 0) is 0 Å². The fourth-order valence-electron chi connectivity index (χ4n) is 2.04. The van der Waals surface area contributed by atoms with Crippen LogP contribution in [0.2, 0.25) is 0 Å². The molecule has 0 aliphatic rings. The lowest BCUT2D eigenvalue weighted by Gasteiger charge is -2.08. The highest BCUT2D eigenvalue weighted by Gasteiger charge is 2.14. The summed E-state index contributed by atoms with van der Waals surface area (Å²) in [4.78, 5) is 11.8. The average molecular weight is 319 g/mol. The second kappa shape index (κ2) is 4.63. The molecule has 0 saturated heterocycles. The monoisotopic (exact) mass is 318 g/mol. The maximum absolute atomic E-state index is 13.2. The van der Waals surface area contributed by atoms with Crippen LogP contribution in [0, 0.1) is 5.82 Å². The Morgan fingerprint density at radius 1 is 1.05 bits per heavy atom. The SMILES string of the molecule is O=c1oc2cc(F)ccc2c(-c2ccccc2)c1Br. The summed E-state index contributed by atoms with van der Waals surface area (Å²) in [7, 11) is 0. The Morgan fingerprint density at radius 2 is 1.79 bits per heavy atom. The molecular weight excluding hydrogens is 311 g/mol. The summed E-state index contributed by atoms with van der Waals surface area (Å²) < 4.78 is 18.7. The minimum atomic E-state index is -0.517. The van der Waals surface area contributed by atoms with Crippen LogP contribution in [-0.4, -0.2) is 0 Å². The molecule has 2 nitrogen and oxygen atoms in total. The van der Waals surface area contributed by atoms with Crippen molar-refractivity contribution in [1.82, 2.24) is 0 Å². The normalized spacial score (nSPS) is 10.8. The van der Waals surface area contributed by atoms with Gasteiger partial charge in [-0.25, -0.2) is 9.18 Å². The van der Waals surface area contributed by atoms with Crippen LogP contribution in [0.4, 0.5) is 4.39 Å². The number of rotatable bonds is 1. The molecule has 1 aromatic heterocycles. The Labute approximate surface area is 116 Å². The zero-order chi connectivity index (χ0) is 13.4. The van der Waals surface area contributed by atoms with Crippen LogP contribution in [0.5, 0.6) is 0 Å². The lowest BCUT2D eigenvalue weighted by atomic mass is 10.0. The summed E-state index contributed by atoms with van der Waals surface area (Å²) in [6.45, 7) is 0. The third-order valence-electron chi connectivity index (χ3n) is 2.88. The summed E-state index contributed by atoms with van der Waals surface area (Å²) in [5.41, 5.74) is 1.31. The van der Waals surface area contributed by atoms with Gasteiger partial charge in [0.25, 0.3) is 0 Å². The molecule has 4 heteroatoms. The van der Waals surface area contributed by atoms with Crippen molar-refractivity contribution in [2.45, 2.75) is 0 Å². The van der Waals surface area contributed by atoms with Crippen LogP contribution in [0.1, 0.15) is 0 Å². The molecule has 0 amide bonds. The molecule has 0 bridgehead atoms. The molecule has 0 aliphatic carbocycles. The van der Waals surface area contributed by atoms with E-state index in [1.165, 1.54) is 12.1 Å². The fraction of sp³-hybridized carbons (Fsp3) is 0. The molecule has 0 radical (unpaired) electrons. The van der Waals surface area contributed by atoms with Gasteiger partial charge in [-0.1, -0.05) is 30.3 Å². The van der Waals surface area contributed by atoms with Crippen LogP contribution < -0.4 is 5.63 Å². The van der Waals surface area contributed by atoms with Gasteiger partial charge in [-0.05, 0) is 33.6 Å². The second-order valence-electron chi connectivity index (χ2n) is 4.09. The van der Waals surface area contributed by atoms with Crippen molar-refractivity contribution in [1.29, 1.82) is 0 Å². The number of fused-ring (bicyclic) bond motifs is 1. The van der Waals surface area contributed by atoms with Crippen molar-refractivity contribution in [3.63, 3.8) is 0 Å². The van der Waals surface area contributed by atoms with Crippen molar-refractivity contribution < 1.29 is 8.81 Å². The van der Waals surface area contributed by atoms with E-state index in [9.17, 15) is 9.18 Å². The third-order valence-corrected chi connectivity index (χ3v) is 3.60. The molecule has 0 unspecified atom stereocenters. The summed E-state index contributed by atoms with van der Waals surface area (Å²) in [6, 6.07) is 13.6. The molecule has 2 aromatic carbocycles. The van der Waals surface area contributed by atoms with E-state index in [1.807, 2.05) is 30.3 Å². The van der Waals surface area contributed by atoms with Gasteiger partial charge >= 0.3 is 5.63 Å². The summed E-state index contributed by atoms with van der Waals surface area (Å²) in [6.07, 6.45) is 0. The summed E-state index contributed by atoms with van der Waals surface area (Å²) in [5.74, 6) is -0.433. The molecule has 0 saturated carbocycles. The number of hydrogen-bond donors (Lipinski definition) is 0. The first kappa shape index (κ1) is 12.1. The third kappa shape index (κ3) is 2.08. The minimum Gasteiger partial charge on any atom is -0.422 e. The van der Waals surface area contributed by atoms with Gasteiger partial charge in [0.2, 0.25) is 0 Å². The molecule has 0 atom stereocenters. The molecule has 3 rings (SSSR count). The van der Waals surface area contributed by atoms with E-state index in [-0.39, 0.29) is 5.58 Å². The van der Waals surface area contributed by atoms with E-state index in [0.29, 0.717) is 15.4 Å². The maximum Gasteiger partial charge on any atom is 0.351 e. The van der Waals surface area contributed by atoms with Crippen molar-refractivity contribution >= 4 is 26.9 Å². The fourth-order valence-corrected chi connectivity index (χ4v) is 2.56. The van der Waals surface area contributed by atoms with Gasteiger partial charge in [0.15, 0.2) is 0 Å². The van der Waals surface area contributed by atoms with Gasteiger partial charge in [0.1, 0.15) is 15.9 Å². The molecule has 1 heterocycles. The van der Waals surface area contributed by atoms with Gasteiger partial charge < -0.3 is 4.42 Å². The lowest BCUT2D eigenvalue weighted by molar-refractivity contribution is 0.551. The Balaban J connectivity index is 2.46. The molecule has 19 heavy (non-hydrogen) atoms. The lowest BCUT2D eigenvalue weighted by Crippen LogP contribution is -2.02. The standard InChI is InChI=1S/C15H8BrFO2/c16-14-13(9-4-2-1-3-5-9)11-7-6-10(17)8-12(11)19-15(14)18/h1-8H. The molecule has 0 N–H and O–H groups in total.